The molecule has 1 aliphatic carbocycles. The number of anilines is 1. The van der Waals surface area contributed by atoms with Gasteiger partial charge in [0.1, 0.15) is 5.82 Å². The van der Waals surface area contributed by atoms with E-state index in [9.17, 15) is 0 Å². The van der Waals surface area contributed by atoms with Crippen molar-refractivity contribution < 1.29 is 0 Å². The van der Waals surface area contributed by atoms with Crippen molar-refractivity contribution in [3.05, 3.63) is 23.4 Å². The number of nitrogens with zero attached hydrogens (tertiary/aromatic N) is 2. The number of pyridine rings is 1. The van der Waals surface area contributed by atoms with Crippen molar-refractivity contribution in [3.63, 3.8) is 0 Å². The van der Waals surface area contributed by atoms with E-state index in [1.807, 2.05) is 0 Å². The van der Waals surface area contributed by atoms with Gasteiger partial charge in [0.05, 0.1) is 0 Å². The summed E-state index contributed by atoms with van der Waals surface area (Å²) in [6, 6.07) is 4.25. The topological polar surface area (TPSA) is 16.1 Å². The van der Waals surface area contributed by atoms with E-state index in [0.29, 0.717) is 5.88 Å². The van der Waals surface area contributed by atoms with Crippen molar-refractivity contribution in [1.82, 2.24) is 4.98 Å². The van der Waals surface area contributed by atoms with Gasteiger partial charge in [-0.25, -0.2) is 4.98 Å². The van der Waals surface area contributed by atoms with E-state index < -0.39 is 0 Å². The highest BCUT2D eigenvalue weighted by molar-refractivity contribution is 6.17. The Kier molecular flexibility index (Phi) is 4.27. The lowest BCUT2D eigenvalue weighted by molar-refractivity contribution is 0.769. The van der Waals surface area contributed by atoms with Gasteiger partial charge >= 0.3 is 0 Å². The number of aromatic nitrogens is 1. The molecule has 0 radical (unpaired) electrons. The molecule has 2 nitrogen and oxygen atoms in total. The molecule has 2 rings (SSSR count). The Bertz CT molecular complexity index is 374. The summed E-state index contributed by atoms with van der Waals surface area (Å²) in [5, 5.41) is 0. The minimum atomic E-state index is 0.573. The first-order valence-corrected chi connectivity index (χ1v) is 7.03. The molecule has 1 aliphatic rings. The summed E-state index contributed by atoms with van der Waals surface area (Å²) in [6.07, 6.45) is 4.92. The summed E-state index contributed by atoms with van der Waals surface area (Å²) in [7, 11) is 2.13. The molecule has 0 bridgehead atoms. The molecule has 0 amide bonds. The average Bonchev–Trinajstić information content (AvgIpc) is 3.13. The molecular formula is C14H21ClN2. The first-order chi connectivity index (χ1) is 8.22. The van der Waals surface area contributed by atoms with Gasteiger partial charge in [0, 0.05) is 25.2 Å². The zero-order valence-electron chi connectivity index (χ0n) is 10.7. The summed E-state index contributed by atoms with van der Waals surface area (Å²) < 4.78 is 0. The van der Waals surface area contributed by atoms with Crippen LogP contribution < -0.4 is 4.90 Å². The second kappa shape index (κ2) is 5.72. The highest BCUT2D eigenvalue weighted by Gasteiger charge is 2.23. The number of halogens is 1. The molecule has 1 fully saturated rings. The highest BCUT2D eigenvalue weighted by atomic mass is 35.5. The van der Waals surface area contributed by atoms with Crippen LogP contribution in [0.4, 0.5) is 5.82 Å². The fourth-order valence-corrected chi connectivity index (χ4v) is 2.23. The van der Waals surface area contributed by atoms with E-state index >= 15 is 0 Å². The van der Waals surface area contributed by atoms with Crippen LogP contribution in [-0.2, 0) is 12.3 Å². The van der Waals surface area contributed by atoms with Gasteiger partial charge in [-0.15, -0.1) is 11.6 Å². The highest BCUT2D eigenvalue weighted by Crippen LogP contribution is 2.30. The Morgan fingerprint density at radius 2 is 2.18 bits per heavy atom. The number of alkyl halides is 1. The van der Waals surface area contributed by atoms with Gasteiger partial charge in [0.2, 0.25) is 0 Å². The Labute approximate surface area is 109 Å². The molecule has 0 saturated heterocycles. The van der Waals surface area contributed by atoms with Gasteiger partial charge in [-0.3, -0.25) is 0 Å². The van der Waals surface area contributed by atoms with Crippen LogP contribution in [-0.4, -0.2) is 18.6 Å². The van der Waals surface area contributed by atoms with Crippen molar-refractivity contribution in [1.29, 1.82) is 0 Å². The molecule has 0 aromatic carbocycles. The van der Waals surface area contributed by atoms with Crippen molar-refractivity contribution in [3.8, 4) is 0 Å². The fraction of sp³-hybridized carbons (Fsp3) is 0.643. The summed E-state index contributed by atoms with van der Waals surface area (Å²) in [6.45, 7) is 3.31. The third-order valence-electron chi connectivity index (χ3n) is 3.21. The molecule has 0 spiro atoms. The second-order valence-electron chi connectivity index (χ2n) is 5.03. The maximum atomic E-state index is 5.95. The predicted molar refractivity (Wildman–Crippen MR) is 73.8 cm³/mol. The molecule has 3 heteroatoms. The largest absolute Gasteiger partial charge is 0.359 e. The molecular weight excluding hydrogens is 232 g/mol. The standard InChI is InChI=1S/C14H21ClN2/c1-3-4-13-7-12(9-15)8-14(16-13)17(2)10-11-5-6-11/h7-8,11H,3-6,9-10H2,1-2H3. The molecule has 0 aliphatic heterocycles. The zero-order valence-corrected chi connectivity index (χ0v) is 11.5. The Morgan fingerprint density at radius 1 is 1.41 bits per heavy atom. The SMILES string of the molecule is CCCc1cc(CCl)cc(N(C)CC2CC2)n1. The van der Waals surface area contributed by atoms with Crippen LogP contribution in [0.15, 0.2) is 12.1 Å². The molecule has 0 atom stereocenters. The second-order valence-corrected chi connectivity index (χ2v) is 5.30. The van der Waals surface area contributed by atoms with E-state index in [-0.39, 0.29) is 0 Å². The van der Waals surface area contributed by atoms with Gasteiger partial charge < -0.3 is 4.90 Å². The first-order valence-electron chi connectivity index (χ1n) is 6.50. The smallest absolute Gasteiger partial charge is 0.128 e. The van der Waals surface area contributed by atoms with Crippen LogP contribution in [0.3, 0.4) is 0 Å². The maximum Gasteiger partial charge on any atom is 0.128 e. The van der Waals surface area contributed by atoms with Crippen molar-refractivity contribution in [2.75, 3.05) is 18.5 Å². The maximum absolute atomic E-state index is 5.95. The molecule has 1 aromatic heterocycles. The lowest BCUT2D eigenvalue weighted by atomic mass is 10.1. The quantitative estimate of drug-likeness (QED) is 0.719. The molecule has 0 unspecified atom stereocenters. The van der Waals surface area contributed by atoms with Crippen LogP contribution in [0.1, 0.15) is 37.4 Å². The minimum absolute atomic E-state index is 0.573. The molecule has 17 heavy (non-hydrogen) atoms. The fourth-order valence-electron chi connectivity index (χ4n) is 2.07. The van der Waals surface area contributed by atoms with Crippen LogP contribution in [0, 0.1) is 5.92 Å². The predicted octanol–water partition coefficient (Wildman–Crippen LogP) is 3.62. The third-order valence-corrected chi connectivity index (χ3v) is 3.51. The monoisotopic (exact) mass is 252 g/mol. The van der Waals surface area contributed by atoms with Crippen LogP contribution in [0.5, 0.6) is 0 Å². The van der Waals surface area contributed by atoms with E-state index in [1.165, 1.54) is 24.1 Å². The van der Waals surface area contributed by atoms with Crippen LogP contribution in [0.2, 0.25) is 0 Å². The summed E-state index contributed by atoms with van der Waals surface area (Å²) in [4.78, 5) is 6.99. The third kappa shape index (κ3) is 3.60. The van der Waals surface area contributed by atoms with E-state index in [4.69, 9.17) is 16.6 Å². The van der Waals surface area contributed by atoms with Gasteiger partial charge in [0.15, 0.2) is 0 Å². The molecule has 1 heterocycles. The molecule has 1 saturated carbocycles. The lowest BCUT2D eigenvalue weighted by Gasteiger charge is -2.19. The molecule has 0 N–H and O–H groups in total. The van der Waals surface area contributed by atoms with E-state index in [2.05, 4.69) is 31.0 Å². The van der Waals surface area contributed by atoms with E-state index in [1.54, 1.807) is 0 Å². The Morgan fingerprint density at radius 3 is 2.76 bits per heavy atom. The minimum Gasteiger partial charge on any atom is -0.359 e. The Balaban J connectivity index is 2.14. The van der Waals surface area contributed by atoms with E-state index in [0.717, 1.165) is 31.1 Å². The summed E-state index contributed by atoms with van der Waals surface area (Å²) >= 11 is 5.95. The average molecular weight is 253 g/mol. The normalized spacial score (nSPS) is 15.0. The van der Waals surface area contributed by atoms with Gasteiger partial charge in [-0.2, -0.15) is 0 Å². The van der Waals surface area contributed by atoms with Crippen molar-refractivity contribution >= 4 is 17.4 Å². The number of rotatable bonds is 6. The number of aryl methyl sites for hydroxylation is 1. The molecule has 94 valence electrons. The van der Waals surface area contributed by atoms with Gasteiger partial charge in [0.25, 0.3) is 0 Å². The van der Waals surface area contributed by atoms with Gasteiger partial charge in [-0.1, -0.05) is 13.3 Å². The molecule has 1 aromatic rings. The van der Waals surface area contributed by atoms with Crippen LogP contribution >= 0.6 is 11.6 Å². The number of hydrogen-bond donors (Lipinski definition) is 0. The Hall–Kier alpha value is -0.760. The summed E-state index contributed by atoms with van der Waals surface area (Å²) in [5.41, 5.74) is 2.35. The van der Waals surface area contributed by atoms with Crippen LogP contribution in [0.25, 0.3) is 0 Å². The zero-order chi connectivity index (χ0) is 12.3. The lowest BCUT2D eigenvalue weighted by Crippen LogP contribution is -2.21. The van der Waals surface area contributed by atoms with Crippen molar-refractivity contribution in [2.24, 2.45) is 5.92 Å². The van der Waals surface area contributed by atoms with Crippen molar-refractivity contribution in [2.45, 2.75) is 38.5 Å². The summed E-state index contributed by atoms with van der Waals surface area (Å²) in [5.74, 6) is 2.54. The number of hydrogen-bond acceptors (Lipinski definition) is 2. The van der Waals surface area contributed by atoms with Gasteiger partial charge in [-0.05, 0) is 42.9 Å². The first kappa shape index (κ1) is 12.7.